The van der Waals surface area contributed by atoms with Crippen molar-refractivity contribution in [3.8, 4) is 0 Å². The molecule has 0 radical (unpaired) electrons. The van der Waals surface area contributed by atoms with E-state index in [1.54, 1.807) is 0 Å². The molecule has 2 aliphatic rings. The zero-order valence-electron chi connectivity index (χ0n) is 9.80. The minimum atomic E-state index is 0.232. The quantitative estimate of drug-likeness (QED) is 0.826. The monoisotopic (exact) mass is 244 g/mol. The summed E-state index contributed by atoms with van der Waals surface area (Å²) in [6, 6.07) is 0. The lowest BCUT2D eigenvalue weighted by molar-refractivity contribution is 0.372. The van der Waals surface area contributed by atoms with Crippen LogP contribution >= 0.6 is 23.5 Å². The van der Waals surface area contributed by atoms with Gasteiger partial charge in [-0.05, 0) is 32.9 Å². The van der Waals surface area contributed by atoms with Gasteiger partial charge >= 0.3 is 0 Å². The van der Waals surface area contributed by atoms with Crippen LogP contribution in [0.1, 0.15) is 33.1 Å². The Kier molecular flexibility index (Phi) is 3.27. The highest BCUT2D eigenvalue weighted by Gasteiger charge is 2.36. The Bertz CT molecular complexity index is 264. The van der Waals surface area contributed by atoms with Crippen LogP contribution < -0.4 is 5.32 Å². The van der Waals surface area contributed by atoms with Crippen LogP contribution in [0.2, 0.25) is 0 Å². The first-order valence-corrected chi connectivity index (χ1v) is 7.77. The summed E-state index contributed by atoms with van der Waals surface area (Å²) < 4.78 is 0.474. The summed E-state index contributed by atoms with van der Waals surface area (Å²) in [6.07, 6.45) is 6.30. The SMILES string of the molecule is CSC1(CN=C2NC(C)(C)CS2)CCC1. The molecular formula is C11H20N2S2. The topological polar surface area (TPSA) is 24.4 Å². The third-order valence-corrected chi connectivity index (χ3v) is 6.00. The van der Waals surface area contributed by atoms with Crippen LogP contribution in [0.25, 0.3) is 0 Å². The Labute approximate surface area is 101 Å². The minimum Gasteiger partial charge on any atom is -0.359 e. The first-order valence-electron chi connectivity index (χ1n) is 5.56. The molecule has 0 unspecified atom stereocenters. The molecule has 0 bridgehead atoms. The number of thioether (sulfide) groups is 2. The normalized spacial score (nSPS) is 29.9. The first-order chi connectivity index (χ1) is 7.05. The number of rotatable bonds is 3. The summed E-state index contributed by atoms with van der Waals surface area (Å²) in [6.45, 7) is 5.46. The van der Waals surface area contributed by atoms with Crippen LogP contribution in [0.15, 0.2) is 4.99 Å². The number of hydrogen-bond donors (Lipinski definition) is 1. The van der Waals surface area contributed by atoms with Crippen molar-refractivity contribution in [2.75, 3.05) is 18.6 Å². The van der Waals surface area contributed by atoms with Crippen LogP contribution in [0, 0.1) is 0 Å². The van der Waals surface area contributed by atoms with Crippen molar-refractivity contribution in [3.63, 3.8) is 0 Å². The second-order valence-electron chi connectivity index (χ2n) is 5.16. The molecule has 1 aliphatic carbocycles. The van der Waals surface area contributed by atoms with Crippen molar-refractivity contribution < 1.29 is 0 Å². The van der Waals surface area contributed by atoms with Crippen molar-refractivity contribution in [1.29, 1.82) is 0 Å². The van der Waals surface area contributed by atoms with E-state index >= 15 is 0 Å². The largest absolute Gasteiger partial charge is 0.359 e. The van der Waals surface area contributed by atoms with Gasteiger partial charge in [0, 0.05) is 16.0 Å². The van der Waals surface area contributed by atoms with E-state index in [0.29, 0.717) is 4.75 Å². The second-order valence-corrected chi connectivity index (χ2v) is 7.40. The van der Waals surface area contributed by atoms with E-state index in [1.165, 1.54) is 19.3 Å². The first kappa shape index (κ1) is 11.6. The summed E-state index contributed by atoms with van der Waals surface area (Å²) >= 11 is 3.86. The standard InChI is InChI=1S/C11H20N2S2/c1-10(2)8-15-9(13-10)12-7-11(14-3)5-4-6-11/h4-8H2,1-3H3,(H,12,13). The third-order valence-electron chi connectivity index (χ3n) is 3.22. The average molecular weight is 244 g/mol. The molecule has 2 nitrogen and oxygen atoms in total. The van der Waals surface area contributed by atoms with E-state index in [9.17, 15) is 0 Å². The summed E-state index contributed by atoms with van der Waals surface area (Å²) in [5.74, 6) is 1.14. The Balaban J connectivity index is 1.89. The van der Waals surface area contributed by atoms with E-state index in [0.717, 1.165) is 17.5 Å². The van der Waals surface area contributed by atoms with Crippen LogP contribution in [0.5, 0.6) is 0 Å². The van der Waals surface area contributed by atoms with Gasteiger partial charge in [-0.1, -0.05) is 18.2 Å². The lowest BCUT2D eigenvalue weighted by atomic mass is 9.84. The van der Waals surface area contributed by atoms with Gasteiger partial charge in [0.1, 0.15) is 0 Å². The molecule has 1 N–H and O–H groups in total. The van der Waals surface area contributed by atoms with Crippen molar-refractivity contribution in [1.82, 2.24) is 5.32 Å². The molecule has 0 aromatic rings. The molecule has 2 fully saturated rings. The minimum absolute atomic E-state index is 0.232. The number of nitrogens with one attached hydrogen (secondary N) is 1. The van der Waals surface area contributed by atoms with Gasteiger partial charge in [0.15, 0.2) is 5.17 Å². The number of hydrogen-bond acceptors (Lipinski definition) is 3. The fourth-order valence-electron chi connectivity index (χ4n) is 1.91. The van der Waals surface area contributed by atoms with E-state index in [-0.39, 0.29) is 5.54 Å². The van der Waals surface area contributed by atoms with Crippen molar-refractivity contribution in [3.05, 3.63) is 0 Å². The summed E-state index contributed by atoms with van der Waals surface area (Å²) in [5, 5.41) is 4.63. The van der Waals surface area contributed by atoms with E-state index in [1.807, 2.05) is 23.5 Å². The van der Waals surface area contributed by atoms with E-state index < -0.39 is 0 Å². The molecule has 2 rings (SSSR count). The van der Waals surface area contributed by atoms with Gasteiger partial charge in [0.2, 0.25) is 0 Å². The maximum Gasteiger partial charge on any atom is 0.157 e. The van der Waals surface area contributed by atoms with Crippen LogP contribution in [-0.4, -0.2) is 34.0 Å². The van der Waals surface area contributed by atoms with Crippen molar-refractivity contribution >= 4 is 28.7 Å². The van der Waals surface area contributed by atoms with Gasteiger partial charge in [0.25, 0.3) is 0 Å². The molecule has 0 amide bonds. The third kappa shape index (κ3) is 2.64. The van der Waals surface area contributed by atoms with Crippen molar-refractivity contribution in [2.45, 2.75) is 43.4 Å². The highest BCUT2D eigenvalue weighted by Crippen LogP contribution is 2.43. The highest BCUT2D eigenvalue weighted by molar-refractivity contribution is 8.14. The molecule has 4 heteroatoms. The second kappa shape index (κ2) is 4.21. The molecule has 1 aliphatic heterocycles. The predicted octanol–water partition coefficient (Wildman–Crippen LogP) is 2.74. The molecule has 1 saturated carbocycles. The number of amidine groups is 1. The van der Waals surface area contributed by atoms with E-state index in [2.05, 4.69) is 25.4 Å². The average Bonchev–Trinajstić information content (AvgIpc) is 2.45. The molecule has 15 heavy (non-hydrogen) atoms. The Hall–Kier alpha value is 0.170. The molecule has 86 valence electrons. The van der Waals surface area contributed by atoms with E-state index in [4.69, 9.17) is 4.99 Å². The van der Waals surface area contributed by atoms with Crippen LogP contribution in [0.4, 0.5) is 0 Å². The predicted molar refractivity (Wildman–Crippen MR) is 72.1 cm³/mol. The smallest absolute Gasteiger partial charge is 0.157 e. The lowest BCUT2D eigenvalue weighted by Crippen LogP contribution is -2.39. The fourth-order valence-corrected chi connectivity index (χ4v) is 3.87. The fraction of sp³-hybridized carbons (Fsp3) is 0.909. The molecule has 0 spiro atoms. The lowest BCUT2D eigenvalue weighted by Gasteiger charge is -2.39. The maximum absolute atomic E-state index is 4.73. The number of nitrogens with zero attached hydrogens (tertiary/aromatic N) is 1. The number of aliphatic imine (C=N–C) groups is 1. The molecule has 0 aromatic carbocycles. The zero-order valence-corrected chi connectivity index (χ0v) is 11.4. The van der Waals surface area contributed by atoms with Gasteiger partial charge in [-0.25, -0.2) is 0 Å². The maximum atomic E-state index is 4.73. The van der Waals surface area contributed by atoms with Gasteiger partial charge in [-0.2, -0.15) is 11.8 Å². The Morgan fingerprint density at radius 3 is 2.60 bits per heavy atom. The summed E-state index contributed by atoms with van der Waals surface area (Å²) in [7, 11) is 0. The molecule has 0 aromatic heterocycles. The summed E-state index contributed by atoms with van der Waals surface area (Å²) in [4.78, 5) is 4.73. The van der Waals surface area contributed by atoms with Crippen molar-refractivity contribution in [2.24, 2.45) is 4.99 Å². The Morgan fingerprint density at radius 1 is 1.47 bits per heavy atom. The molecule has 1 heterocycles. The summed E-state index contributed by atoms with van der Waals surface area (Å²) in [5.41, 5.74) is 0.232. The van der Waals surface area contributed by atoms with Gasteiger partial charge in [-0.15, -0.1) is 0 Å². The zero-order chi connectivity index (χ0) is 10.9. The highest BCUT2D eigenvalue weighted by atomic mass is 32.2. The van der Waals surface area contributed by atoms with Gasteiger partial charge < -0.3 is 5.32 Å². The van der Waals surface area contributed by atoms with Gasteiger partial charge in [-0.3, -0.25) is 4.99 Å². The van der Waals surface area contributed by atoms with Crippen LogP contribution in [-0.2, 0) is 0 Å². The Morgan fingerprint density at radius 2 is 2.20 bits per heavy atom. The van der Waals surface area contributed by atoms with Gasteiger partial charge in [0.05, 0.1) is 6.54 Å². The molecule has 1 saturated heterocycles. The molecule has 0 atom stereocenters. The molecular weight excluding hydrogens is 224 g/mol. The van der Waals surface area contributed by atoms with Crippen LogP contribution in [0.3, 0.4) is 0 Å².